The highest BCUT2D eigenvalue weighted by molar-refractivity contribution is 5.73. The highest BCUT2D eigenvalue weighted by atomic mass is 16.6. The van der Waals surface area contributed by atoms with Crippen molar-refractivity contribution in [3.8, 4) is 5.75 Å². The summed E-state index contributed by atoms with van der Waals surface area (Å²) in [7, 11) is 1.33. The van der Waals surface area contributed by atoms with Crippen LogP contribution in [0.1, 0.15) is 18.1 Å². The molecule has 0 N–H and O–H groups in total. The minimum absolute atomic E-state index is 0.106. The molecule has 0 aliphatic carbocycles. The topological polar surface area (TPSA) is 59.1 Å². The summed E-state index contributed by atoms with van der Waals surface area (Å²) in [6, 6.07) is 18.2. The third-order valence-corrected chi connectivity index (χ3v) is 5.20. The lowest BCUT2D eigenvalue weighted by Gasteiger charge is -2.41. The van der Waals surface area contributed by atoms with Gasteiger partial charge in [-0.3, -0.25) is 9.69 Å². The first-order valence-corrected chi connectivity index (χ1v) is 9.87. The van der Waals surface area contributed by atoms with Gasteiger partial charge in [-0.2, -0.15) is 0 Å². The van der Waals surface area contributed by atoms with E-state index >= 15 is 0 Å². The van der Waals surface area contributed by atoms with Gasteiger partial charge in [0.05, 0.1) is 7.11 Å². The van der Waals surface area contributed by atoms with Crippen LogP contribution >= 0.6 is 0 Å². The molecule has 0 saturated carbocycles. The van der Waals surface area contributed by atoms with Crippen molar-refractivity contribution in [3.63, 3.8) is 0 Å². The molecule has 1 saturated heterocycles. The zero-order valence-corrected chi connectivity index (χ0v) is 17.0. The quantitative estimate of drug-likeness (QED) is 0.673. The molecule has 29 heavy (non-hydrogen) atoms. The second-order valence-corrected chi connectivity index (χ2v) is 7.30. The van der Waals surface area contributed by atoms with Gasteiger partial charge in [-0.05, 0) is 29.7 Å². The van der Waals surface area contributed by atoms with E-state index in [9.17, 15) is 9.59 Å². The molecule has 1 fully saturated rings. The van der Waals surface area contributed by atoms with Gasteiger partial charge in [-0.25, -0.2) is 4.79 Å². The van der Waals surface area contributed by atoms with Crippen LogP contribution in [0.15, 0.2) is 54.6 Å². The Balaban J connectivity index is 1.62. The van der Waals surface area contributed by atoms with Crippen molar-refractivity contribution in [2.75, 3.05) is 33.4 Å². The van der Waals surface area contributed by atoms with Crippen molar-refractivity contribution in [1.29, 1.82) is 0 Å². The van der Waals surface area contributed by atoms with Crippen molar-refractivity contribution in [1.82, 2.24) is 9.80 Å². The smallest absolute Gasteiger partial charge is 0.343 e. The number of rotatable bonds is 7. The Labute approximate surface area is 172 Å². The molecule has 2 aromatic carbocycles. The molecule has 6 heteroatoms. The van der Waals surface area contributed by atoms with Crippen LogP contribution in [-0.4, -0.2) is 61.1 Å². The molecular formula is C23H28N2O4. The van der Waals surface area contributed by atoms with Crippen LogP contribution in [0.3, 0.4) is 0 Å². The number of nitrogens with zero attached hydrogens (tertiary/aromatic N) is 2. The molecule has 0 unspecified atom stereocenters. The van der Waals surface area contributed by atoms with E-state index in [2.05, 4.69) is 33.9 Å². The highest BCUT2D eigenvalue weighted by Gasteiger charge is 2.28. The average molecular weight is 396 g/mol. The van der Waals surface area contributed by atoms with Crippen LogP contribution in [0.25, 0.3) is 0 Å². The Bertz CT molecular complexity index is 807. The van der Waals surface area contributed by atoms with Gasteiger partial charge in [-0.1, -0.05) is 42.5 Å². The molecule has 2 aromatic rings. The van der Waals surface area contributed by atoms with Crippen LogP contribution in [0.4, 0.5) is 0 Å². The summed E-state index contributed by atoms with van der Waals surface area (Å²) in [5, 5.41) is 0. The van der Waals surface area contributed by atoms with E-state index in [-0.39, 0.29) is 18.6 Å². The number of ether oxygens (including phenoxy) is 2. The highest BCUT2D eigenvalue weighted by Crippen LogP contribution is 2.19. The lowest BCUT2D eigenvalue weighted by Crippen LogP contribution is -2.55. The predicted octanol–water partition coefficient (Wildman–Crippen LogP) is 2.51. The number of methoxy groups -OCH3 is 1. The molecule has 6 nitrogen and oxygen atoms in total. The number of carbonyl (C=O) groups is 2. The third kappa shape index (κ3) is 6.06. The van der Waals surface area contributed by atoms with E-state index < -0.39 is 5.97 Å². The fraction of sp³-hybridized carbons (Fsp3) is 0.391. The first-order valence-electron chi connectivity index (χ1n) is 9.87. The molecule has 1 amide bonds. The predicted molar refractivity (Wildman–Crippen MR) is 111 cm³/mol. The molecule has 0 spiro atoms. The largest absolute Gasteiger partial charge is 0.482 e. The van der Waals surface area contributed by atoms with Gasteiger partial charge < -0.3 is 14.4 Å². The maximum Gasteiger partial charge on any atom is 0.343 e. The van der Waals surface area contributed by atoms with Gasteiger partial charge >= 0.3 is 5.97 Å². The Morgan fingerprint density at radius 1 is 1.00 bits per heavy atom. The van der Waals surface area contributed by atoms with E-state index in [4.69, 9.17) is 4.74 Å². The molecular weight excluding hydrogens is 368 g/mol. The number of hydrogen-bond donors (Lipinski definition) is 0. The van der Waals surface area contributed by atoms with Gasteiger partial charge in [0, 0.05) is 39.1 Å². The normalized spacial score (nSPS) is 17.0. The maximum absolute atomic E-state index is 12.1. The second kappa shape index (κ2) is 10.1. The maximum atomic E-state index is 12.1. The van der Waals surface area contributed by atoms with Crippen molar-refractivity contribution in [3.05, 3.63) is 65.7 Å². The zero-order chi connectivity index (χ0) is 20.6. The average Bonchev–Trinajstić information content (AvgIpc) is 2.73. The van der Waals surface area contributed by atoms with Crippen LogP contribution in [0.2, 0.25) is 0 Å². The summed E-state index contributed by atoms with van der Waals surface area (Å²) in [6.07, 6.45) is 0.780. The Hall–Kier alpha value is -2.86. The summed E-state index contributed by atoms with van der Waals surface area (Å²) < 4.78 is 9.98. The number of benzene rings is 2. The van der Waals surface area contributed by atoms with Crippen molar-refractivity contribution >= 4 is 11.9 Å². The number of esters is 1. The molecule has 1 aliphatic heterocycles. The molecule has 0 bridgehead atoms. The van der Waals surface area contributed by atoms with Crippen LogP contribution < -0.4 is 4.74 Å². The van der Waals surface area contributed by atoms with Crippen LogP contribution in [-0.2, 0) is 27.3 Å². The van der Waals surface area contributed by atoms with Gasteiger partial charge in [0.25, 0.3) is 0 Å². The van der Waals surface area contributed by atoms with Gasteiger partial charge in [0.2, 0.25) is 5.91 Å². The van der Waals surface area contributed by atoms with E-state index in [0.717, 1.165) is 38.2 Å². The van der Waals surface area contributed by atoms with Crippen LogP contribution in [0, 0.1) is 0 Å². The standard InChI is InChI=1S/C23H28N2O4/c1-18(26)25-13-12-24(15-20-6-4-3-5-7-20)16-21(25)14-19-8-10-22(11-9-19)29-17-23(27)28-2/h3-11,21H,12-17H2,1-2H3/t21-/m1/s1. The lowest BCUT2D eigenvalue weighted by atomic mass is 10.0. The van der Waals surface area contributed by atoms with E-state index in [0.29, 0.717) is 5.75 Å². The fourth-order valence-electron chi connectivity index (χ4n) is 3.69. The fourth-order valence-corrected chi connectivity index (χ4v) is 3.69. The first kappa shape index (κ1) is 20.9. The van der Waals surface area contributed by atoms with Gasteiger partial charge in [0.1, 0.15) is 5.75 Å². The van der Waals surface area contributed by atoms with Crippen molar-refractivity contribution in [2.24, 2.45) is 0 Å². The zero-order valence-electron chi connectivity index (χ0n) is 17.0. The molecule has 0 aromatic heterocycles. The number of carbonyl (C=O) groups excluding carboxylic acids is 2. The van der Waals surface area contributed by atoms with Gasteiger partial charge in [-0.15, -0.1) is 0 Å². The summed E-state index contributed by atoms with van der Waals surface area (Å²) in [4.78, 5) is 27.7. The molecule has 3 rings (SSSR count). The van der Waals surface area contributed by atoms with E-state index in [1.165, 1.54) is 12.7 Å². The molecule has 0 radical (unpaired) electrons. The van der Waals surface area contributed by atoms with Gasteiger partial charge in [0.15, 0.2) is 6.61 Å². The molecule has 1 heterocycles. The van der Waals surface area contributed by atoms with Crippen molar-refractivity contribution in [2.45, 2.75) is 25.9 Å². The minimum atomic E-state index is -0.410. The lowest BCUT2D eigenvalue weighted by molar-refractivity contribution is -0.143. The molecule has 1 aliphatic rings. The summed E-state index contributed by atoms with van der Waals surface area (Å²) >= 11 is 0. The van der Waals surface area contributed by atoms with Crippen LogP contribution in [0.5, 0.6) is 5.75 Å². The minimum Gasteiger partial charge on any atom is -0.482 e. The number of piperazine rings is 1. The van der Waals surface area contributed by atoms with E-state index in [1.807, 2.05) is 35.2 Å². The second-order valence-electron chi connectivity index (χ2n) is 7.30. The summed E-state index contributed by atoms with van der Waals surface area (Å²) in [5.41, 5.74) is 2.42. The first-order chi connectivity index (χ1) is 14.0. The SMILES string of the molecule is COC(=O)COc1ccc(C[C@@H]2CN(Cc3ccccc3)CCN2C(C)=O)cc1. The molecule has 1 atom stereocenters. The summed E-state index contributed by atoms with van der Waals surface area (Å²) in [6.45, 7) is 4.89. The van der Waals surface area contributed by atoms with Crippen molar-refractivity contribution < 1.29 is 19.1 Å². The Morgan fingerprint density at radius 3 is 2.38 bits per heavy atom. The third-order valence-electron chi connectivity index (χ3n) is 5.20. The number of hydrogen-bond acceptors (Lipinski definition) is 5. The number of amides is 1. The Kier molecular flexibility index (Phi) is 7.25. The van der Waals surface area contributed by atoms with E-state index in [1.54, 1.807) is 6.92 Å². The summed E-state index contributed by atoms with van der Waals surface area (Å²) in [5.74, 6) is 0.330. The molecule has 154 valence electrons. The monoisotopic (exact) mass is 396 g/mol. The Morgan fingerprint density at radius 2 is 1.72 bits per heavy atom.